The third-order valence-electron chi connectivity index (χ3n) is 21.5. The maximum atomic E-state index is 14.8. The molecule has 1 spiro atoms. The van der Waals surface area contributed by atoms with Crippen molar-refractivity contribution in [3.05, 3.63) is 118 Å². The summed E-state index contributed by atoms with van der Waals surface area (Å²) in [6.45, 7) is 31.9. The van der Waals surface area contributed by atoms with E-state index in [0.29, 0.717) is 67.3 Å². The highest BCUT2D eigenvalue weighted by Crippen LogP contribution is 2.42. The number of hydrogen-bond donors (Lipinski definition) is 6. The second-order valence-corrected chi connectivity index (χ2v) is 29.3. The molecule has 1 saturated carbocycles. The number of aliphatic imine (C=N–C) groups is 1. The zero-order valence-electron chi connectivity index (χ0n) is 59.0. The first-order valence-electron chi connectivity index (χ1n) is 35.7. The molecule has 3 saturated heterocycles. The molecule has 5 unspecified atom stereocenters. The van der Waals surface area contributed by atoms with E-state index in [1.54, 1.807) is 6.20 Å². The molecule has 4 fully saturated rings. The van der Waals surface area contributed by atoms with E-state index in [-0.39, 0.29) is 70.9 Å². The molecular weight excluding hydrogens is 1220 g/mol. The van der Waals surface area contributed by atoms with Gasteiger partial charge in [0.05, 0.1) is 22.1 Å². The molecule has 4 heterocycles. The number of nitrogens with one attached hydrogen (secondary N) is 6. The van der Waals surface area contributed by atoms with E-state index in [4.69, 9.17) is 16.6 Å². The molecular formula is C74H117ClF6N12O. The molecule has 20 heteroatoms. The summed E-state index contributed by atoms with van der Waals surface area (Å²) in [4.78, 5) is 31.0. The summed E-state index contributed by atoms with van der Waals surface area (Å²) < 4.78 is 82.5. The number of likely N-dealkylation sites (tertiary alicyclic amines) is 1. The van der Waals surface area contributed by atoms with Crippen LogP contribution in [0.25, 0.3) is 0 Å². The minimum absolute atomic E-state index is 0.0493. The number of likely N-dealkylation sites (N-methyl/N-ethyl adjacent to an activating group) is 1. The van der Waals surface area contributed by atoms with Gasteiger partial charge in [-0.1, -0.05) is 97.0 Å². The van der Waals surface area contributed by atoms with Crippen molar-refractivity contribution in [2.45, 2.75) is 245 Å². The fourth-order valence-electron chi connectivity index (χ4n) is 15.2. The van der Waals surface area contributed by atoms with E-state index in [1.807, 2.05) is 43.7 Å². The fraction of sp³-hybridized carbons (Fsp3) is 0.703. The van der Waals surface area contributed by atoms with Gasteiger partial charge in [0, 0.05) is 175 Å². The smallest absolute Gasteiger partial charge is 0.390 e. The van der Waals surface area contributed by atoms with Crippen molar-refractivity contribution in [1.82, 2.24) is 56.4 Å². The van der Waals surface area contributed by atoms with Crippen LogP contribution >= 0.6 is 11.6 Å². The highest BCUT2D eigenvalue weighted by atomic mass is 35.5. The number of hydrogen-bond acceptors (Lipinski definition) is 12. The lowest BCUT2D eigenvalue weighted by molar-refractivity contribution is -0.160. The minimum atomic E-state index is -4.57. The summed E-state index contributed by atoms with van der Waals surface area (Å²) >= 11 is 6.18. The van der Waals surface area contributed by atoms with Crippen LogP contribution < -0.4 is 31.9 Å². The Bertz CT molecular complexity index is 2810. The van der Waals surface area contributed by atoms with Crippen molar-refractivity contribution in [3.8, 4) is 0 Å². The molecule has 0 bridgehead atoms. The van der Waals surface area contributed by atoms with E-state index >= 15 is 0 Å². The monoisotopic (exact) mass is 1340 g/mol. The molecule has 1 amide bonds. The average Bonchev–Trinajstić information content (AvgIpc) is 0.879. The molecule has 13 nitrogen and oxygen atoms in total. The number of aryl methyl sites for hydroxylation is 1. The largest absolute Gasteiger partial charge is 0.417 e. The first-order chi connectivity index (χ1) is 44.6. The average molecular weight is 1340 g/mol. The predicted octanol–water partition coefficient (Wildman–Crippen LogP) is 14.0. The van der Waals surface area contributed by atoms with E-state index in [1.165, 1.54) is 30.0 Å². The molecule has 6 N–H and O–H groups in total. The number of alkyl halides is 6. The van der Waals surface area contributed by atoms with E-state index < -0.39 is 23.5 Å². The first-order valence-corrected chi connectivity index (χ1v) is 36.1. The zero-order valence-corrected chi connectivity index (χ0v) is 59.8. The van der Waals surface area contributed by atoms with Gasteiger partial charge in [0.2, 0.25) is 5.91 Å². The van der Waals surface area contributed by atoms with E-state index in [9.17, 15) is 31.1 Å². The van der Waals surface area contributed by atoms with Crippen LogP contribution in [0.1, 0.15) is 182 Å². The number of carbonyl (C=O) groups excluding carboxylic acids is 1. The van der Waals surface area contributed by atoms with Crippen LogP contribution in [0.3, 0.4) is 0 Å². The number of benzene rings is 2. The van der Waals surface area contributed by atoms with Crippen molar-refractivity contribution >= 4 is 23.2 Å². The highest BCUT2D eigenvalue weighted by Gasteiger charge is 2.55. The zero-order chi connectivity index (χ0) is 68.5. The van der Waals surface area contributed by atoms with E-state index in [0.717, 1.165) is 146 Å². The maximum absolute atomic E-state index is 14.8. The quantitative estimate of drug-likeness (QED) is 0.108. The lowest BCUT2D eigenvalue weighted by Crippen LogP contribution is -2.76. The standard InChI is InChI=1S/C74H117ClF6N12O/c1-14-51(5)67-45-86-66(31-22-50(3)4)54(8)85-46-68-69(71(94)91-39-18-19-40-91)57(11)93(68)70(52(6)15-2)55(9)88-72(33-16-17-34-72)49-83-37-36-82-35-32-61(29-25-59-26-30-64(65(75)44-59)74(79,80)81)84-38-42-89(12)47-63(43-58-23-27-60(28-24-58)73(76,77)78)90(13)48-62-21-20-41-92(62)56(10)53(7)87-67/h23-24,26-28,30,32,35,38,42,44,47-48,50-57,66-70,82-83,85-88H,14-22,25,29,31,33-34,36-37,39-41,43,45-46,49H2,1-13H3/t51-,52-,53?,54?,55?,56-,57?,66-,67+,68?,69-,70-/m0/s1. The van der Waals surface area contributed by atoms with Gasteiger partial charge in [-0.2, -0.15) is 26.3 Å². The Balaban J connectivity index is 1.22. The second kappa shape index (κ2) is 35.7. The molecule has 4 aliphatic heterocycles. The van der Waals surface area contributed by atoms with Gasteiger partial charge in [-0.3, -0.25) is 14.7 Å². The molecule has 2 aromatic rings. The van der Waals surface area contributed by atoms with Crippen molar-refractivity contribution in [3.63, 3.8) is 0 Å². The van der Waals surface area contributed by atoms with Crippen LogP contribution in [0.4, 0.5) is 26.3 Å². The van der Waals surface area contributed by atoms with Crippen LogP contribution in [0, 0.1) is 23.7 Å². The Morgan fingerprint density at radius 1 is 0.766 bits per heavy atom. The minimum Gasteiger partial charge on any atom is -0.390 e. The van der Waals surface area contributed by atoms with Gasteiger partial charge < -0.3 is 51.5 Å². The summed E-state index contributed by atoms with van der Waals surface area (Å²) in [6, 6.07) is 10.5. The number of nitrogens with zero attached hydrogens (tertiary/aromatic N) is 6. The van der Waals surface area contributed by atoms with Crippen LogP contribution in [0.5, 0.6) is 0 Å². The molecule has 5 aliphatic rings. The lowest BCUT2D eigenvalue weighted by Gasteiger charge is -2.60. The van der Waals surface area contributed by atoms with Gasteiger partial charge in [0.25, 0.3) is 0 Å². The van der Waals surface area contributed by atoms with Gasteiger partial charge in [0.15, 0.2) is 0 Å². The van der Waals surface area contributed by atoms with Crippen LogP contribution in [-0.4, -0.2) is 162 Å². The van der Waals surface area contributed by atoms with Gasteiger partial charge in [0.1, 0.15) is 0 Å². The molecule has 7 rings (SSSR count). The summed E-state index contributed by atoms with van der Waals surface area (Å²) in [5.74, 6) is 1.56. The third-order valence-corrected chi connectivity index (χ3v) is 21.8. The Labute approximate surface area is 566 Å². The summed E-state index contributed by atoms with van der Waals surface area (Å²) in [6.07, 6.45) is 16.2. The van der Waals surface area contributed by atoms with Gasteiger partial charge >= 0.3 is 12.4 Å². The number of allylic oxidation sites excluding steroid dienone is 3. The summed E-state index contributed by atoms with van der Waals surface area (Å²) in [5, 5.41) is 23.6. The third kappa shape index (κ3) is 21.4. The van der Waals surface area contributed by atoms with Crippen molar-refractivity contribution in [1.29, 1.82) is 0 Å². The van der Waals surface area contributed by atoms with Crippen molar-refractivity contribution in [2.24, 2.45) is 28.7 Å². The molecule has 528 valence electrons. The fourth-order valence-corrected chi connectivity index (χ4v) is 15.5. The van der Waals surface area contributed by atoms with Gasteiger partial charge in [-0.25, -0.2) is 0 Å². The molecule has 94 heavy (non-hydrogen) atoms. The first kappa shape index (κ1) is 76.7. The summed E-state index contributed by atoms with van der Waals surface area (Å²) in [5.41, 5.74) is 2.41. The molecule has 0 aromatic heterocycles. The molecule has 2 aromatic carbocycles. The second-order valence-electron chi connectivity index (χ2n) is 28.9. The number of fused-ring (bicyclic) bond motifs is 2. The van der Waals surface area contributed by atoms with Crippen LogP contribution in [-0.2, 0) is 30.0 Å². The molecule has 12 atom stereocenters. The Hall–Kier alpha value is -4.63. The van der Waals surface area contributed by atoms with Gasteiger partial charge in [-0.15, -0.1) is 0 Å². The number of rotatable bonds is 13. The SMILES string of the molecule is CC[C@H](C)[C@H]1C(C)NC2(CCCC2)CNCCNC=CC(CCc2ccc(C(F)(F)F)c(Cl)c2)=NC=CN(C)C=C(Cc2ccc(C(F)(F)F)cc2)N(C)C=C2CCCN2[C@@H](C)C(C)N[C@@H]([C@@H](C)CC)CN[C@@H](CCC(C)C)C(C)NCC2[C@@H](C(=O)N3CCCC3)C(C)N21. The maximum Gasteiger partial charge on any atom is 0.417 e. The molecule has 0 radical (unpaired) electrons. The number of amides is 1. The van der Waals surface area contributed by atoms with Crippen molar-refractivity contribution in [2.75, 3.05) is 66.5 Å². The topological polar surface area (TPSA) is 118 Å². The highest BCUT2D eigenvalue weighted by molar-refractivity contribution is 6.31. The summed E-state index contributed by atoms with van der Waals surface area (Å²) in [7, 11) is 3.88. The van der Waals surface area contributed by atoms with Crippen molar-refractivity contribution < 1.29 is 31.1 Å². The Morgan fingerprint density at radius 3 is 2.11 bits per heavy atom. The Kier molecular flexibility index (Phi) is 29.2. The predicted molar refractivity (Wildman–Crippen MR) is 374 cm³/mol. The van der Waals surface area contributed by atoms with Crippen LogP contribution in [0.15, 0.2) is 95.9 Å². The number of carbonyl (C=O) groups is 1. The number of halogens is 7. The normalized spacial score (nSPS) is 28.2. The van der Waals surface area contributed by atoms with E-state index in [2.05, 4.69) is 134 Å². The van der Waals surface area contributed by atoms with Gasteiger partial charge in [-0.05, 0) is 164 Å². The van der Waals surface area contributed by atoms with Crippen LogP contribution in [0.2, 0.25) is 5.02 Å². The molecule has 1 aliphatic carbocycles. The Morgan fingerprint density at radius 2 is 1.46 bits per heavy atom. The lowest BCUT2D eigenvalue weighted by atomic mass is 9.74.